The first-order valence-corrected chi connectivity index (χ1v) is 10.9. The first-order valence-electron chi connectivity index (χ1n) is 8.86. The Morgan fingerprint density at radius 2 is 0.971 bits per heavy atom. The molecule has 0 aliphatic rings. The monoisotopic (exact) mass is 684 g/mol. The van der Waals surface area contributed by atoms with E-state index in [9.17, 15) is 34.0 Å². The van der Waals surface area contributed by atoms with Gasteiger partial charge in [0.1, 0.15) is 0 Å². The fourth-order valence-corrected chi connectivity index (χ4v) is 2.19. The van der Waals surface area contributed by atoms with Crippen molar-refractivity contribution >= 4 is 7.81 Å². The Morgan fingerprint density at radius 3 is 1.29 bits per heavy atom. The van der Waals surface area contributed by atoms with E-state index in [2.05, 4.69) is 21.0 Å². The number of rotatable bonds is 2. The van der Waals surface area contributed by atoms with Crippen LogP contribution >= 0.6 is 7.81 Å². The molecule has 0 fully saturated rings. The van der Waals surface area contributed by atoms with E-state index in [1.165, 1.54) is 6.07 Å². The molecule has 3 heterocycles. The predicted molar refractivity (Wildman–Crippen MR) is 109 cm³/mol. The van der Waals surface area contributed by atoms with Crippen LogP contribution in [0.15, 0.2) is 85.3 Å². The van der Waals surface area contributed by atoms with Gasteiger partial charge in [-0.05, 0) is 36.0 Å². The number of aromatic nitrogens is 3. The first-order chi connectivity index (χ1) is 15.2. The van der Waals surface area contributed by atoms with Crippen LogP contribution in [-0.4, -0.2) is 15.0 Å². The van der Waals surface area contributed by atoms with Crippen molar-refractivity contribution in [3.8, 4) is 22.6 Å². The summed E-state index contributed by atoms with van der Waals surface area (Å²) in [7, 11) is -10.7. The molecule has 0 N–H and O–H groups in total. The molecule has 4 aromatic rings. The molecule has 0 amide bonds. The van der Waals surface area contributed by atoms with Crippen molar-refractivity contribution in [1.29, 1.82) is 0 Å². The third-order valence-corrected chi connectivity index (χ3v) is 3.33. The molecule has 0 unspecified atom stereocenters. The van der Waals surface area contributed by atoms with Crippen molar-refractivity contribution in [2.24, 2.45) is 0 Å². The number of halogens is 8. The first kappa shape index (κ1) is 29.2. The Labute approximate surface area is 202 Å². The SMILES string of the molecule is F[P-](F)(F)(F)(F)F.Fc1[c-]c(-c2ccccn2)cc(F)c1.[Ir].c1ccc(-c2ccccn2)nc1. The average Bonchev–Trinajstić information content (AvgIpc) is 2.73. The Morgan fingerprint density at radius 1 is 0.588 bits per heavy atom. The van der Waals surface area contributed by atoms with Gasteiger partial charge in [0.25, 0.3) is 0 Å². The molecular formula is C21H14F8IrN3P-2. The van der Waals surface area contributed by atoms with Gasteiger partial charge in [-0.25, -0.2) is 8.78 Å². The van der Waals surface area contributed by atoms with Crippen molar-refractivity contribution in [3.63, 3.8) is 0 Å². The molecule has 13 heteroatoms. The summed E-state index contributed by atoms with van der Waals surface area (Å²) >= 11 is 0. The standard InChI is InChI=1S/C11H6F2N.C10H8N2.F6P.Ir/c12-9-5-8(6-10(13)7-9)11-3-1-2-4-14-11;1-3-7-11-9(5-1)10-6-2-4-8-12-10;1-7(2,3,4,5)6;/h1-5,7H;1-8H;;/q-1;;-1;. The van der Waals surface area contributed by atoms with E-state index in [0.717, 1.165) is 17.5 Å². The number of nitrogens with zero attached hydrogens (tertiary/aromatic N) is 3. The summed E-state index contributed by atoms with van der Waals surface area (Å²) in [5, 5.41) is 0. The summed E-state index contributed by atoms with van der Waals surface area (Å²) in [4.78, 5) is 12.3. The van der Waals surface area contributed by atoms with Gasteiger partial charge in [-0.15, -0.1) is 17.7 Å². The maximum atomic E-state index is 12.8. The van der Waals surface area contributed by atoms with Gasteiger partial charge in [-0.3, -0.25) is 9.97 Å². The molecule has 1 aromatic carbocycles. The van der Waals surface area contributed by atoms with Gasteiger partial charge in [0.2, 0.25) is 0 Å². The molecule has 4 rings (SSSR count). The van der Waals surface area contributed by atoms with Crippen molar-refractivity contribution in [2.45, 2.75) is 0 Å². The summed E-state index contributed by atoms with van der Waals surface area (Å²) in [6, 6.07) is 21.1. The van der Waals surface area contributed by atoms with Crippen LogP contribution in [0.25, 0.3) is 22.6 Å². The largest absolute Gasteiger partial charge is 0.305 e. The second kappa shape index (κ2) is 11.1. The van der Waals surface area contributed by atoms with Gasteiger partial charge in [0, 0.05) is 50.3 Å². The Bertz CT molecular complexity index is 1100. The minimum Gasteiger partial charge on any atom is -0.305 e. The Kier molecular flexibility index (Phi) is 9.52. The molecule has 0 saturated carbocycles. The normalized spacial score (nSPS) is 12.4. The van der Waals surface area contributed by atoms with Gasteiger partial charge in [-0.1, -0.05) is 30.3 Å². The zero-order valence-corrected chi connectivity index (χ0v) is 20.0. The molecule has 1 radical (unpaired) electrons. The van der Waals surface area contributed by atoms with Crippen molar-refractivity contribution < 1.29 is 54.1 Å². The van der Waals surface area contributed by atoms with E-state index in [0.29, 0.717) is 11.3 Å². The van der Waals surface area contributed by atoms with Gasteiger partial charge in [-0.2, -0.15) is 0 Å². The Hall–Kier alpha value is -2.81. The van der Waals surface area contributed by atoms with Crippen LogP contribution in [-0.2, 0) is 20.1 Å². The van der Waals surface area contributed by atoms with E-state index < -0.39 is 19.4 Å². The van der Waals surface area contributed by atoms with Crippen LogP contribution in [0.4, 0.5) is 34.0 Å². The molecule has 0 aliphatic carbocycles. The maximum Gasteiger partial charge on any atom is 0.0886 e. The van der Waals surface area contributed by atoms with Crippen LogP contribution in [0.5, 0.6) is 0 Å². The zero-order chi connectivity index (χ0) is 24.6. The molecular weight excluding hydrogens is 669 g/mol. The number of hydrogen-bond donors (Lipinski definition) is 0. The van der Waals surface area contributed by atoms with E-state index >= 15 is 0 Å². The smallest absolute Gasteiger partial charge is 0.0886 e. The van der Waals surface area contributed by atoms with E-state index in [1.807, 2.05) is 36.4 Å². The fourth-order valence-electron chi connectivity index (χ4n) is 2.19. The molecule has 0 saturated heterocycles. The zero-order valence-electron chi connectivity index (χ0n) is 16.7. The molecule has 34 heavy (non-hydrogen) atoms. The van der Waals surface area contributed by atoms with Crippen molar-refractivity contribution in [1.82, 2.24) is 15.0 Å². The second-order valence-electron chi connectivity index (χ2n) is 6.16. The molecule has 185 valence electrons. The molecule has 0 aliphatic heterocycles. The van der Waals surface area contributed by atoms with E-state index in [4.69, 9.17) is 0 Å². The molecule has 3 nitrogen and oxygen atoms in total. The Balaban J connectivity index is 0.000000266. The molecule has 0 bridgehead atoms. The van der Waals surface area contributed by atoms with Gasteiger partial charge >= 0.3 is 33.0 Å². The second-order valence-corrected chi connectivity index (χ2v) is 8.08. The third kappa shape index (κ3) is 13.7. The van der Waals surface area contributed by atoms with E-state index in [-0.39, 0.29) is 20.1 Å². The molecule has 3 aromatic heterocycles. The van der Waals surface area contributed by atoms with E-state index in [1.54, 1.807) is 36.8 Å². The van der Waals surface area contributed by atoms with Gasteiger partial charge < -0.3 is 4.98 Å². The van der Waals surface area contributed by atoms with Crippen LogP contribution in [0.1, 0.15) is 0 Å². The van der Waals surface area contributed by atoms with Gasteiger partial charge in [0.15, 0.2) is 0 Å². The summed E-state index contributed by atoms with van der Waals surface area (Å²) in [5.74, 6) is -1.34. The minimum absolute atomic E-state index is 0. The van der Waals surface area contributed by atoms with Crippen LogP contribution in [0.2, 0.25) is 0 Å². The topological polar surface area (TPSA) is 38.7 Å². The van der Waals surface area contributed by atoms with Crippen LogP contribution < -0.4 is 0 Å². The molecule has 0 spiro atoms. The van der Waals surface area contributed by atoms with Crippen molar-refractivity contribution in [2.75, 3.05) is 0 Å². The maximum absolute atomic E-state index is 12.8. The van der Waals surface area contributed by atoms with Crippen molar-refractivity contribution in [3.05, 3.63) is 103 Å². The third-order valence-electron chi connectivity index (χ3n) is 3.33. The summed E-state index contributed by atoms with van der Waals surface area (Å²) in [6.45, 7) is 0. The number of benzene rings is 1. The van der Waals surface area contributed by atoms with Crippen LogP contribution in [0.3, 0.4) is 0 Å². The summed E-state index contributed by atoms with van der Waals surface area (Å²) in [5.41, 5.74) is 2.66. The quantitative estimate of drug-likeness (QED) is 0.121. The van der Waals surface area contributed by atoms with Gasteiger partial charge in [0.05, 0.1) is 11.4 Å². The summed E-state index contributed by atoms with van der Waals surface area (Å²) in [6.07, 6.45) is 5.10. The minimum atomic E-state index is -10.7. The average molecular weight is 684 g/mol. The number of hydrogen-bond acceptors (Lipinski definition) is 3. The number of pyridine rings is 3. The van der Waals surface area contributed by atoms with Crippen LogP contribution in [0, 0.1) is 17.7 Å². The molecule has 0 atom stereocenters. The summed E-state index contributed by atoms with van der Waals surface area (Å²) < 4.78 is 84.8. The predicted octanol–water partition coefficient (Wildman–Crippen LogP) is 8.35. The fraction of sp³-hybridized carbons (Fsp3) is 0.